The third-order valence-electron chi connectivity index (χ3n) is 4.29. The van der Waals surface area contributed by atoms with Crippen LogP contribution in [0, 0.1) is 0 Å². The minimum atomic E-state index is -0.241. The first-order valence-electron chi connectivity index (χ1n) is 8.57. The molecule has 0 radical (unpaired) electrons. The van der Waals surface area contributed by atoms with Crippen LogP contribution in [0.15, 0.2) is 54.6 Å². The summed E-state index contributed by atoms with van der Waals surface area (Å²) < 4.78 is 21.1. The molecule has 2 aromatic carbocycles. The molecular weight excluding hydrogens is 358 g/mol. The van der Waals surface area contributed by atoms with E-state index in [9.17, 15) is 4.79 Å². The molecule has 3 aromatic rings. The van der Waals surface area contributed by atoms with Gasteiger partial charge in [-0.05, 0) is 48.5 Å². The Hall–Kier alpha value is -3.54. The molecule has 0 unspecified atom stereocenters. The van der Waals surface area contributed by atoms with Gasteiger partial charge in [-0.2, -0.15) is 0 Å². The molecule has 6 heteroatoms. The highest BCUT2D eigenvalue weighted by Gasteiger charge is 2.19. The van der Waals surface area contributed by atoms with Crippen LogP contribution < -0.4 is 18.9 Å². The zero-order valence-corrected chi connectivity index (χ0v) is 16.2. The zero-order chi connectivity index (χ0) is 20.1. The molecular formula is C22H21NO5. The van der Waals surface area contributed by atoms with Crippen molar-refractivity contribution in [2.75, 3.05) is 28.4 Å². The van der Waals surface area contributed by atoms with E-state index < -0.39 is 0 Å². The van der Waals surface area contributed by atoms with Gasteiger partial charge in [-0.3, -0.25) is 4.79 Å². The summed E-state index contributed by atoms with van der Waals surface area (Å²) in [6, 6.07) is 16.1. The van der Waals surface area contributed by atoms with Gasteiger partial charge in [0.2, 0.25) is 11.5 Å². The summed E-state index contributed by atoms with van der Waals surface area (Å²) in [6.07, 6.45) is 0. The lowest BCUT2D eigenvalue weighted by atomic mass is 10.0. The molecule has 0 saturated carbocycles. The summed E-state index contributed by atoms with van der Waals surface area (Å²) in [5.74, 6) is 1.78. The van der Waals surface area contributed by atoms with Crippen molar-refractivity contribution in [3.05, 3.63) is 65.9 Å². The van der Waals surface area contributed by atoms with Crippen molar-refractivity contribution in [3.8, 4) is 34.3 Å². The average Bonchev–Trinajstić information content (AvgIpc) is 2.77. The van der Waals surface area contributed by atoms with E-state index in [0.29, 0.717) is 34.2 Å². The van der Waals surface area contributed by atoms with E-state index >= 15 is 0 Å². The number of carbonyl (C=O) groups is 1. The molecule has 0 fully saturated rings. The van der Waals surface area contributed by atoms with Crippen LogP contribution in [-0.2, 0) is 0 Å². The largest absolute Gasteiger partial charge is 0.497 e. The van der Waals surface area contributed by atoms with Gasteiger partial charge in [0.15, 0.2) is 11.5 Å². The summed E-state index contributed by atoms with van der Waals surface area (Å²) in [7, 11) is 6.15. The lowest BCUT2D eigenvalue weighted by Crippen LogP contribution is -2.06. The summed E-state index contributed by atoms with van der Waals surface area (Å²) in [5.41, 5.74) is 2.30. The topological polar surface area (TPSA) is 66.9 Å². The van der Waals surface area contributed by atoms with Crippen molar-refractivity contribution < 1.29 is 23.7 Å². The van der Waals surface area contributed by atoms with Gasteiger partial charge in [0.05, 0.1) is 34.1 Å². The van der Waals surface area contributed by atoms with Crippen molar-refractivity contribution in [1.29, 1.82) is 0 Å². The number of ether oxygens (including phenoxy) is 4. The highest BCUT2D eigenvalue weighted by Crippen LogP contribution is 2.38. The van der Waals surface area contributed by atoms with E-state index in [2.05, 4.69) is 4.98 Å². The summed E-state index contributed by atoms with van der Waals surface area (Å²) in [4.78, 5) is 17.6. The molecule has 0 spiro atoms. The van der Waals surface area contributed by atoms with Gasteiger partial charge in [-0.25, -0.2) is 4.98 Å². The van der Waals surface area contributed by atoms with Crippen LogP contribution in [0.3, 0.4) is 0 Å². The Morgan fingerprint density at radius 2 is 1.43 bits per heavy atom. The summed E-state index contributed by atoms with van der Waals surface area (Å²) >= 11 is 0. The van der Waals surface area contributed by atoms with Crippen molar-refractivity contribution in [3.63, 3.8) is 0 Å². The number of hydrogen-bond donors (Lipinski definition) is 0. The van der Waals surface area contributed by atoms with Crippen molar-refractivity contribution in [2.45, 2.75) is 0 Å². The van der Waals surface area contributed by atoms with E-state index in [1.807, 2.05) is 30.3 Å². The Labute approximate surface area is 163 Å². The van der Waals surface area contributed by atoms with Crippen molar-refractivity contribution in [1.82, 2.24) is 4.98 Å². The molecule has 1 heterocycles. The maximum atomic E-state index is 13.0. The van der Waals surface area contributed by atoms with Gasteiger partial charge in [0.25, 0.3) is 0 Å². The normalized spacial score (nSPS) is 10.3. The van der Waals surface area contributed by atoms with Gasteiger partial charge < -0.3 is 18.9 Å². The van der Waals surface area contributed by atoms with E-state index in [1.165, 1.54) is 21.3 Å². The molecule has 0 aliphatic heterocycles. The van der Waals surface area contributed by atoms with E-state index in [1.54, 1.807) is 31.4 Å². The van der Waals surface area contributed by atoms with Gasteiger partial charge >= 0.3 is 0 Å². The molecule has 0 aliphatic carbocycles. The van der Waals surface area contributed by atoms with Crippen LogP contribution in [0.1, 0.15) is 16.1 Å². The molecule has 0 N–H and O–H groups in total. The Balaban J connectivity index is 1.99. The minimum absolute atomic E-state index is 0.241. The second-order valence-corrected chi connectivity index (χ2v) is 5.88. The lowest BCUT2D eigenvalue weighted by Gasteiger charge is -2.13. The molecule has 28 heavy (non-hydrogen) atoms. The van der Waals surface area contributed by atoms with Crippen molar-refractivity contribution >= 4 is 5.78 Å². The number of hydrogen-bond acceptors (Lipinski definition) is 6. The number of rotatable bonds is 7. The van der Waals surface area contributed by atoms with Gasteiger partial charge in [0, 0.05) is 11.1 Å². The fourth-order valence-corrected chi connectivity index (χ4v) is 2.84. The van der Waals surface area contributed by atoms with Gasteiger partial charge in [-0.15, -0.1) is 0 Å². The average molecular weight is 379 g/mol. The first-order valence-corrected chi connectivity index (χ1v) is 8.57. The number of pyridine rings is 1. The highest BCUT2D eigenvalue weighted by molar-refractivity contribution is 6.08. The van der Waals surface area contributed by atoms with E-state index in [0.717, 1.165) is 11.3 Å². The van der Waals surface area contributed by atoms with Crippen LogP contribution in [0.5, 0.6) is 23.0 Å². The Bertz CT molecular complexity index is 957. The Morgan fingerprint density at radius 1 is 0.786 bits per heavy atom. The number of nitrogens with zero attached hydrogens (tertiary/aromatic N) is 1. The first kappa shape index (κ1) is 19.2. The fraction of sp³-hybridized carbons (Fsp3) is 0.182. The highest BCUT2D eigenvalue weighted by atomic mass is 16.5. The SMILES string of the molecule is COc1ccc(-c2cccc(C(=O)c3cc(OC)c(OC)c(OC)c3)n2)cc1. The van der Waals surface area contributed by atoms with E-state index in [4.69, 9.17) is 18.9 Å². The quantitative estimate of drug-likeness (QED) is 0.578. The fourth-order valence-electron chi connectivity index (χ4n) is 2.84. The minimum Gasteiger partial charge on any atom is -0.497 e. The van der Waals surface area contributed by atoms with Crippen molar-refractivity contribution in [2.24, 2.45) is 0 Å². The van der Waals surface area contributed by atoms with Gasteiger partial charge in [-0.1, -0.05) is 6.07 Å². The van der Waals surface area contributed by atoms with Crippen LogP contribution in [0.25, 0.3) is 11.3 Å². The van der Waals surface area contributed by atoms with Crippen LogP contribution >= 0.6 is 0 Å². The second kappa shape index (κ2) is 8.43. The number of aromatic nitrogens is 1. The second-order valence-electron chi connectivity index (χ2n) is 5.88. The number of methoxy groups -OCH3 is 4. The predicted octanol–water partition coefficient (Wildman–Crippen LogP) is 4.01. The maximum absolute atomic E-state index is 13.0. The Morgan fingerprint density at radius 3 is 1.96 bits per heavy atom. The van der Waals surface area contributed by atoms with Gasteiger partial charge in [0.1, 0.15) is 11.4 Å². The summed E-state index contributed by atoms with van der Waals surface area (Å²) in [6.45, 7) is 0. The van der Waals surface area contributed by atoms with E-state index in [-0.39, 0.29) is 5.78 Å². The molecule has 144 valence electrons. The lowest BCUT2D eigenvalue weighted by molar-refractivity contribution is 0.103. The molecule has 0 aliphatic rings. The predicted molar refractivity (Wildman–Crippen MR) is 106 cm³/mol. The molecule has 3 rings (SSSR count). The first-order chi connectivity index (χ1) is 13.6. The molecule has 6 nitrogen and oxygen atoms in total. The van der Waals surface area contributed by atoms with Crippen LogP contribution in [0.4, 0.5) is 0 Å². The van der Waals surface area contributed by atoms with Crippen LogP contribution in [-0.4, -0.2) is 39.2 Å². The molecule has 0 saturated heterocycles. The molecule has 0 bridgehead atoms. The number of ketones is 1. The summed E-state index contributed by atoms with van der Waals surface area (Å²) in [5, 5.41) is 0. The molecule has 1 aromatic heterocycles. The smallest absolute Gasteiger partial charge is 0.211 e. The third-order valence-corrected chi connectivity index (χ3v) is 4.29. The third kappa shape index (κ3) is 3.76. The number of benzene rings is 2. The maximum Gasteiger partial charge on any atom is 0.211 e. The standard InChI is InChI=1S/C22H21NO5/c1-25-16-10-8-14(9-11-16)17-6-5-7-18(23-17)21(24)15-12-19(26-2)22(28-4)20(13-15)27-3/h5-13H,1-4H3. The number of carbonyl (C=O) groups excluding carboxylic acids is 1. The zero-order valence-electron chi connectivity index (χ0n) is 16.2. The monoisotopic (exact) mass is 379 g/mol. The molecule has 0 amide bonds. The van der Waals surface area contributed by atoms with Crippen LogP contribution in [0.2, 0.25) is 0 Å². The molecule has 0 atom stereocenters. The Kier molecular flexibility index (Phi) is 5.79.